The van der Waals surface area contributed by atoms with E-state index >= 15 is 0 Å². The first-order chi connectivity index (χ1) is 9.99. The van der Waals surface area contributed by atoms with Crippen LogP contribution in [0.4, 0.5) is 5.69 Å². The van der Waals surface area contributed by atoms with Crippen LogP contribution in [-0.2, 0) is 7.05 Å². The monoisotopic (exact) mass is 303 g/mol. The maximum absolute atomic E-state index is 11.4. The zero-order valence-electron chi connectivity index (χ0n) is 11.8. The van der Waals surface area contributed by atoms with Gasteiger partial charge in [0.25, 0.3) is 5.91 Å². The molecule has 0 bridgehead atoms. The van der Waals surface area contributed by atoms with Crippen molar-refractivity contribution in [2.75, 3.05) is 5.32 Å². The molecule has 1 heterocycles. The van der Waals surface area contributed by atoms with Crippen molar-refractivity contribution >= 4 is 28.9 Å². The van der Waals surface area contributed by atoms with Gasteiger partial charge in [-0.2, -0.15) is 5.10 Å². The van der Waals surface area contributed by atoms with Crippen molar-refractivity contribution in [3.05, 3.63) is 47.8 Å². The molecule has 0 spiro atoms. The number of nitrogens with two attached hydrogens (primary N) is 1. The van der Waals surface area contributed by atoms with Gasteiger partial charge in [0.05, 0.1) is 17.9 Å². The molecule has 0 fully saturated rings. The van der Waals surface area contributed by atoms with Crippen molar-refractivity contribution in [3.8, 4) is 0 Å². The van der Waals surface area contributed by atoms with Crippen LogP contribution < -0.4 is 16.4 Å². The number of carbonyl (C=O) groups excluding carboxylic acids is 1. The minimum Gasteiger partial charge on any atom is -0.364 e. The Labute approximate surface area is 128 Å². The summed E-state index contributed by atoms with van der Waals surface area (Å²) >= 11 is 5.26. The minimum atomic E-state index is -0.559. The van der Waals surface area contributed by atoms with Crippen molar-refractivity contribution in [3.63, 3.8) is 0 Å². The fraction of sp³-hybridized carbons (Fsp3) is 0.214. The van der Waals surface area contributed by atoms with Crippen LogP contribution >= 0.6 is 12.2 Å². The fourth-order valence-electron chi connectivity index (χ4n) is 2.00. The molecule has 2 rings (SSSR count). The Kier molecular flexibility index (Phi) is 4.54. The molecule has 0 aliphatic carbocycles. The van der Waals surface area contributed by atoms with Crippen LogP contribution in [-0.4, -0.2) is 20.8 Å². The van der Waals surface area contributed by atoms with Gasteiger partial charge in [-0.25, -0.2) is 0 Å². The first-order valence-electron chi connectivity index (χ1n) is 6.43. The van der Waals surface area contributed by atoms with Gasteiger partial charge in [0.1, 0.15) is 5.69 Å². The van der Waals surface area contributed by atoms with Crippen LogP contribution in [0.2, 0.25) is 0 Å². The SMILES string of the molecule is CC(NC(=S)Nc1cnn(C)c1C(N)=O)c1ccccc1. The van der Waals surface area contributed by atoms with E-state index in [0.717, 1.165) is 5.56 Å². The summed E-state index contributed by atoms with van der Waals surface area (Å²) in [7, 11) is 1.65. The number of carbonyl (C=O) groups is 1. The normalized spacial score (nSPS) is 11.7. The largest absolute Gasteiger partial charge is 0.364 e. The number of aryl methyl sites for hydroxylation is 1. The van der Waals surface area contributed by atoms with E-state index < -0.39 is 5.91 Å². The maximum atomic E-state index is 11.4. The van der Waals surface area contributed by atoms with Gasteiger partial charge in [-0.3, -0.25) is 9.48 Å². The quantitative estimate of drug-likeness (QED) is 0.747. The lowest BCUT2D eigenvalue weighted by atomic mass is 10.1. The Morgan fingerprint density at radius 3 is 2.67 bits per heavy atom. The number of hydrogen-bond acceptors (Lipinski definition) is 3. The summed E-state index contributed by atoms with van der Waals surface area (Å²) in [5, 5.41) is 10.5. The lowest BCUT2D eigenvalue weighted by Crippen LogP contribution is -2.31. The zero-order valence-corrected chi connectivity index (χ0v) is 12.6. The average molecular weight is 303 g/mol. The number of aromatic nitrogens is 2. The molecular formula is C14H17N5OS. The molecule has 7 heteroatoms. The van der Waals surface area contributed by atoms with Gasteiger partial charge in [-0.15, -0.1) is 0 Å². The van der Waals surface area contributed by atoms with E-state index in [-0.39, 0.29) is 11.7 Å². The van der Waals surface area contributed by atoms with Gasteiger partial charge in [-0.1, -0.05) is 30.3 Å². The number of nitrogens with zero attached hydrogens (tertiary/aromatic N) is 2. The summed E-state index contributed by atoms with van der Waals surface area (Å²) in [4.78, 5) is 11.4. The van der Waals surface area contributed by atoms with Gasteiger partial charge < -0.3 is 16.4 Å². The van der Waals surface area contributed by atoms with Crippen LogP contribution in [0, 0.1) is 0 Å². The summed E-state index contributed by atoms with van der Waals surface area (Å²) in [6.07, 6.45) is 1.52. The molecule has 0 aliphatic rings. The molecule has 2 aromatic rings. The third-order valence-corrected chi connectivity index (χ3v) is 3.29. The van der Waals surface area contributed by atoms with Gasteiger partial charge in [0, 0.05) is 7.05 Å². The molecule has 21 heavy (non-hydrogen) atoms. The van der Waals surface area contributed by atoms with Gasteiger partial charge in [-0.05, 0) is 24.7 Å². The van der Waals surface area contributed by atoms with Crippen LogP contribution in [0.3, 0.4) is 0 Å². The molecule has 0 saturated carbocycles. The van der Waals surface area contributed by atoms with Crippen molar-refractivity contribution in [1.82, 2.24) is 15.1 Å². The Bertz CT molecular complexity index is 653. The number of hydrogen-bond donors (Lipinski definition) is 3. The predicted molar refractivity (Wildman–Crippen MR) is 85.9 cm³/mol. The lowest BCUT2D eigenvalue weighted by Gasteiger charge is -2.17. The van der Waals surface area contributed by atoms with E-state index in [0.29, 0.717) is 10.8 Å². The number of nitrogens with one attached hydrogen (secondary N) is 2. The number of rotatable bonds is 4. The summed E-state index contributed by atoms with van der Waals surface area (Å²) in [5.74, 6) is -0.559. The van der Waals surface area contributed by atoms with E-state index in [1.54, 1.807) is 7.05 Å². The smallest absolute Gasteiger partial charge is 0.269 e. The highest BCUT2D eigenvalue weighted by molar-refractivity contribution is 7.80. The molecule has 0 aliphatic heterocycles. The molecule has 6 nitrogen and oxygen atoms in total. The third-order valence-electron chi connectivity index (χ3n) is 3.07. The van der Waals surface area contributed by atoms with Crippen LogP contribution in [0.15, 0.2) is 36.5 Å². The van der Waals surface area contributed by atoms with Crippen molar-refractivity contribution in [1.29, 1.82) is 0 Å². The second-order valence-electron chi connectivity index (χ2n) is 4.63. The number of primary amides is 1. The van der Waals surface area contributed by atoms with E-state index in [9.17, 15) is 4.79 Å². The molecule has 110 valence electrons. The average Bonchev–Trinajstić information content (AvgIpc) is 2.80. The van der Waals surface area contributed by atoms with Crippen molar-refractivity contribution in [2.24, 2.45) is 12.8 Å². The summed E-state index contributed by atoms with van der Waals surface area (Å²) in [6, 6.07) is 9.96. The first kappa shape index (κ1) is 15.0. The molecule has 1 atom stereocenters. The molecule has 1 unspecified atom stereocenters. The third kappa shape index (κ3) is 3.57. The first-order valence-corrected chi connectivity index (χ1v) is 6.84. The highest BCUT2D eigenvalue weighted by Gasteiger charge is 2.15. The summed E-state index contributed by atoms with van der Waals surface area (Å²) in [5.41, 5.74) is 7.21. The van der Waals surface area contributed by atoms with Crippen molar-refractivity contribution in [2.45, 2.75) is 13.0 Å². The topological polar surface area (TPSA) is 85.0 Å². The second-order valence-corrected chi connectivity index (χ2v) is 5.03. The van der Waals surface area contributed by atoms with E-state index in [2.05, 4.69) is 15.7 Å². The standard InChI is InChI=1S/C14H17N5OS/c1-9(10-6-4-3-5-7-10)17-14(21)18-11-8-16-19(2)12(11)13(15)20/h3-9H,1-2H3,(H2,15,20)(H2,17,18,21). The van der Waals surface area contributed by atoms with Crippen molar-refractivity contribution < 1.29 is 4.79 Å². The molecule has 1 aromatic carbocycles. The van der Waals surface area contributed by atoms with Crippen LogP contribution in [0.25, 0.3) is 0 Å². The van der Waals surface area contributed by atoms with Crippen LogP contribution in [0.5, 0.6) is 0 Å². The highest BCUT2D eigenvalue weighted by atomic mass is 32.1. The molecule has 0 radical (unpaired) electrons. The molecule has 0 saturated heterocycles. The Hall–Kier alpha value is -2.41. The molecular weight excluding hydrogens is 286 g/mol. The number of thiocarbonyl (C=S) groups is 1. The Morgan fingerprint density at radius 1 is 1.38 bits per heavy atom. The van der Waals surface area contributed by atoms with Gasteiger partial charge >= 0.3 is 0 Å². The lowest BCUT2D eigenvalue weighted by molar-refractivity contribution is 0.0992. The predicted octanol–water partition coefficient (Wildman–Crippen LogP) is 1.57. The van der Waals surface area contributed by atoms with E-state index in [4.69, 9.17) is 18.0 Å². The Balaban J connectivity index is 2.04. The molecule has 1 aromatic heterocycles. The van der Waals surface area contributed by atoms with Crippen LogP contribution in [0.1, 0.15) is 29.0 Å². The minimum absolute atomic E-state index is 0.0416. The van der Waals surface area contributed by atoms with Gasteiger partial charge in [0.2, 0.25) is 0 Å². The van der Waals surface area contributed by atoms with E-state index in [1.165, 1.54) is 10.9 Å². The summed E-state index contributed by atoms with van der Waals surface area (Å²) < 4.78 is 1.41. The maximum Gasteiger partial charge on any atom is 0.269 e. The fourth-order valence-corrected chi connectivity index (χ4v) is 2.29. The number of amides is 1. The summed E-state index contributed by atoms with van der Waals surface area (Å²) in [6.45, 7) is 2.00. The highest BCUT2D eigenvalue weighted by Crippen LogP contribution is 2.15. The molecule has 4 N–H and O–H groups in total. The number of benzene rings is 1. The van der Waals surface area contributed by atoms with E-state index in [1.807, 2.05) is 37.3 Å². The number of anilines is 1. The second kappa shape index (κ2) is 6.36. The zero-order chi connectivity index (χ0) is 15.4. The Morgan fingerprint density at radius 2 is 2.05 bits per heavy atom. The van der Waals surface area contributed by atoms with Gasteiger partial charge in [0.15, 0.2) is 5.11 Å². The molecule has 1 amide bonds.